The van der Waals surface area contributed by atoms with Crippen LogP contribution in [0.25, 0.3) is 10.8 Å². The lowest BCUT2D eigenvalue weighted by atomic mass is 10.2. The van der Waals surface area contributed by atoms with E-state index in [0.717, 1.165) is 0 Å². The number of aromatic nitrogens is 2. The molecule has 0 saturated heterocycles. The normalized spacial score (nSPS) is 11.4. The summed E-state index contributed by atoms with van der Waals surface area (Å²) >= 11 is 5.89. The predicted molar refractivity (Wildman–Crippen MR) is 82.0 cm³/mol. The first-order valence-electron chi connectivity index (χ1n) is 6.63. The molecule has 1 heterocycles. The average Bonchev–Trinajstić information content (AvgIpc) is 2.63. The number of anilines is 1. The summed E-state index contributed by atoms with van der Waals surface area (Å²) in [5.41, 5.74) is 1.15. The van der Waals surface area contributed by atoms with Crippen molar-refractivity contribution in [3.05, 3.63) is 64.1 Å². The summed E-state index contributed by atoms with van der Waals surface area (Å²) < 4.78 is 66.3. The van der Waals surface area contributed by atoms with Crippen molar-refractivity contribution in [3.63, 3.8) is 0 Å². The molecule has 0 aliphatic heterocycles. The van der Waals surface area contributed by atoms with Gasteiger partial charge in [0.15, 0.2) is 34.2 Å². The highest BCUT2D eigenvalue weighted by Crippen LogP contribution is 2.26. The second-order valence-electron chi connectivity index (χ2n) is 4.74. The molecule has 3 aromatic rings. The number of benzene rings is 2. The standard InChI is InChI=1S/C15H6ClF5N4/c16-14-6-3-1-2-4-7(6)15(25-23-14)24-22-5-8-9(17)11(19)13(21)12(20)10(8)18/h1-5H,(H,24,25)/b22-5-. The van der Waals surface area contributed by atoms with E-state index in [1.54, 1.807) is 24.3 Å². The molecule has 0 unspecified atom stereocenters. The van der Waals surface area contributed by atoms with Crippen LogP contribution >= 0.6 is 11.6 Å². The third-order valence-corrected chi connectivity index (χ3v) is 3.53. The van der Waals surface area contributed by atoms with E-state index in [0.29, 0.717) is 17.0 Å². The molecule has 4 nitrogen and oxygen atoms in total. The summed E-state index contributed by atoms with van der Waals surface area (Å²) in [5, 5.41) is 12.0. The number of nitrogens with one attached hydrogen (secondary N) is 1. The van der Waals surface area contributed by atoms with E-state index < -0.39 is 34.6 Å². The second kappa shape index (κ2) is 6.60. The Balaban J connectivity index is 1.97. The van der Waals surface area contributed by atoms with Gasteiger partial charge in [-0.25, -0.2) is 22.0 Å². The smallest absolute Gasteiger partial charge is 0.200 e. The predicted octanol–water partition coefficient (Wildman–Crippen LogP) is 4.42. The van der Waals surface area contributed by atoms with Gasteiger partial charge in [0, 0.05) is 10.8 Å². The molecule has 3 rings (SSSR count). The quantitative estimate of drug-likeness (QED) is 0.243. The number of halogens is 6. The third-order valence-electron chi connectivity index (χ3n) is 3.25. The molecule has 0 atom stereocenters. The summed E-state index contributed by atoms with van der Waals surface area (Å²) in [6.45, 7) is 0. The number of fused-ring (bicyclic) bond motifs is 1. The molecule has 0 bridgehead atoms. The number of nitrogens with zero attached hydrogens (tertiary/aromatic N) is 3. The van der Waals surface area contributed by atoms with Crippen LogP contribution in [0.4, 0.5) is 27.8 Å². The molecular formula is C15H6ClF5N4. The van der Waals surface area contributed by atoms with Crippen LogP contribution in [0.2, 0.25) is 5.15 Å². The topological polar surface area (TPSA) is 50.2 Å². The summed E-state index contributed by atoms with van der Waals surface area (Å²) in [5.74, 6) is -10.3. The first-order chi connectivity index (χ1) is 11.9. The largest absolute Gasteiger partial charge is 0.259 e. The van der Waals surface area contributed by atoms with Gasteiger partial charge in [0.2, 0.25) is 5.82 Å². The Hall–Kier alpha value is -2.81. The SMILES string of the molecule is Fc1c(F)c(F)c(/C=N\Nc2nnc(Cl)c3ccccc23)c(F)c1F. The van der Waals surface area contributed by atoms with Crippen molar-refractivity contribution in [1.82, 2.24) is 10.2 Å². The van der Waals surface area contributed by atoms with Crippen LogP contribution in [-0.2, 0) is 0 Å². The zero-order valence-electron chi connectivity index (χ0n) is 12.0. The van der Waals surface area contributed by atoms with Crippen LogP contribution in [0.3, 0.4) is 0 Å². The summed E-state index contributed by atoms with van der Waals surface area (Å²) in [6, 6.07) is 6.68. The maximum atomic E-state index is 13.5. The highest BCUT2D eigenvalue weighted by Gasteiger charge is 2.24. The van der Waals surface area contributed by atoms with Crippen molar-refractivity contribution < 1.29 is 22.0 Å². The van der Waals surface area contributed by atoms with Crippen LogP contribution in [0.15, 0.2) is 29.4 Å². The fourth-order valence-electron chi connectivity index (χ4n) is 2.05. The van der Waals surface area contributed by atoms with Crippen molar-refractivity contribution in [2.75, 3.05) is 5.43 Å². The van der Waals surface area contributed by atoms with Crippen molar-refractivity contribution in [2.45, 2.75) is 0 Å². The Bertz CT molecular complexity index is 980. The van der Waals surface area contributed by atoms with Gasteiger partial charge >= 0.3 is 0 Å². The number of rotatable bonds is 3. The molecule has 0 radical (unpaired) electrons. The number of hydrogen-bond acceptors (Lipinski definition) is 4. The highest BCUT2D eigenvalue weighted by atomic mass is 35.5. The van der Waals surface area contributed by atoms with Crippen LogP contribution in [-0.4, -0.2) is 16.4 Å². The van der Waals surface area contributed by atoms with Gasteiger partial charge in [-0.1, -0.05) is 35.9 Å². The lowest BCUT2D eigenvalue weighted by Gasteiger charge is -2.06. The van der Waals surface area contributed by atoms with Crippen LogP contribution in [0.1, 0.15) is 5.56 Å². The maximum Gasteiger partial charge on any atom is 0.200 e. The van der Waals surface area contributed by atoms with Crippen molar-refractivity contribution in [1.29, 1.82) is 0 Å². The van der Waals surface area contributed by atoms with Gasteiger partial charge in [-0.3, -0.25) is 5.43 Å². The van der Waals surface area contributed by atoms with Crippen LogP contribution in [0.5, 0.6) is 0 Å². The van der Waals surface area contributed by atoms with E-state index in [2.05, 4.69) is 20.7 Å². The van der Waals surface area contributed by atoms with Crippen molar-refractivity contribution in [3.8, 4) is 0 Å². The Labute approximate surface area is 141 Å². The highest BCUT2D eigenvalue weighted by molar-refractivity contribution is 6.34. The first-order valence-corrected chi connectivity index (χ1v) is 7.01. The maximum absolute atomic E-state index is 13.5. The van der Waals surface area contributed by atoms with E-state index >= 15 is 0 Å². The molecule has 0 fully saturated rings. The fourth-order valence-corrected chi connectivity index (χ4v) is 2.25. The fraction of sp³-hybridized carbons (Fsp3) is 0. The van der Waals surface area contributed by atoms with Crippen LogP contribution < -0.4 is 5.43 Å². The molecule has 128 valence electrons. The minimum Gasteiger partial charge on any atom is -0.259 e. The summed E-state index contributed by atoms with van der Waals surface area (Å²) in [7, 11) is 0. The molecule has 1 aromatic heterocycles. The molecular weight excluding hydrogens is 367 g/mol. The Morgan fingerprint density at radius 1 is 0.840 bits per heavy atom. The third kappa shape index (κ3) is 2.98. The Morgan fingerprint density at radius 3 is 2.04 bits per heavy atom. The van der Waals surface area contributed by atoms with Crippen molar-refractivity contribution >= 4 is 34.4 Å². The van der Waals surface area contributed by atoms with E-state index in [1.807, 2.05) is 0 Å². The molecule has 25 heavy (non-hydrogen) atoms. The van der Waals surface area contributed by atoms with E-state index in [1.165, 1.54) is 0 Å². The molecule has 2 aromatic carbocycles. The average molecular weight is 373 g/mol. The second-order valence-corrected chi connectivity index (χ2v) is 5.10. The van der Waals surface area contributed by atoms with Gasteiger partial charge in [0.25, 0.3) is 0 Å². The lowest BCUT2D eigenvalue weighted by Crippen LogP contribution is -2.07. The zero-order valence-corrected chi connectivity index (χ0v) is 12.8. The van der Waals surface area contributed by atoms with Gasteiger partial charge in [0.1, 0.15) is 0 Å². The molecule has 0 saturated carbocycles. The molecule has 0 amide bonds. The summed E-state index contributed by atoms with van der Waals surface area (Å²) in [6.07, 6.45) is 0.460. The van der Waals surface area contributed by atoms with Gasteiger partial charge in [-0.2, -0.15) is 5.10 Å². The summed E-state index contributed by atoms with van der Waals surface area (Å²) in [4.78, 5) is 0. The van der Waals surface area contributed by atoms with Crippen molar-refractivity contribution in [2.24, 2.45) is 5.10 Å². The van der Waals surface area contributed by atoms with E-state index in [-0.39, 0.29) is 11.0 Å². The monoisotopic (exact) mass is 372 g/mol. The lowest BCUT2D eigenvalue weighted by molar-refractivity contribution is 0.377. The minimum absolute atomic E-state index is 0.0834. The molecule has 10 heteroatoms. The number of hydrazone groups is 1. The van der Waals surface area contributed by atoms with E-state index in [9.17, 15) is 22.0 Å². The van der Waals surface area contributed by atoms with Gasteiger partial charge in [-0.05, 0) is 0 Å². The van der Waals surface area contributed by atoms with Crippen LogP contribution in [0, 0.1) is 29.1 Å². The molecule has 0 spiro atoms. The van der Waals surface area contributed by atoms with Gasteiger partial charge in [0.05, 0.1) is 11.8 Å². The first kappa shape index (κ1) is 17.0. The van der Waals surface area contributed by atoms with E-state index in [4.69, 9.17) is 11.6 Å². The molecule has 0 aliphatic rings. The Morgan fingerprint density at radius 2 is 1.40 bits per heavy atom. The van der Waals surface area contributed by atoms with Gasteiger partial charge < -0.3 is 0 Å². The molecule has 1 N–H and O–H groups in total. The number of hydrogen-bond donors (Lipinski definition) is 1. The Kier molecular flexibility index (Phi) is 4.49. The van der Waals surface area contributed by atoms with Gasteiger partial charge in [-0.15, -0.1) is 10.2 Å². The minimum atomic E-state index is -2.24. The molecule has 0 aliphatic carbocycles. The zero-order chi connectivity index (χ0) is 18.1.